The van der Waals surface area contributed by atoms with Crippen LogP contribution in [0.5, 0.6) is 0 Å². The zero-order chi connectivity index (χ0) is 11.5. The second-order valence-electron chi connectivity index (χ2n) is 3.90. The van der Waals surface area contributed by atoms with Gasteiger partial charge in [-0.2, -0.15) is 0 Å². The Balaban J connectivity index is 2.28. The standard InChI is InChI=1S/C12H16N2O2/c1-16-11-8-14(12(15)6-13)7-9-4-2-3-5-10(9)11/h2-5,11H,6-8,13H2,1H3. The highest BCUT2D eigenvalue weighted by atomic mass is 16.5. The normalized spacial score (nSPS) is 19.4. The molecule has 1 atom stereocenters. The second-order valence-corrected chi connectivity index (χ2v) is 3.90. The van der Waals surface area contributed by atoms with Crippen LogP contribution in [0.15, 0.2) is 24.3 Å². The van der Waals surface area contributed by atoms with E-state index in [1.54, 1.807) is 12.0 Å². The lowest BCUT2D eigenvalue weighted by atomic mass is 9.97. The minimum Gasteiger partial charge on any atom is -0.375 e. The Bertz CT molecular complexity index is 392. The summed E-state index contributed by atoms with van der Waals surface area (Å²) >= 11 is 0. The maximum atomic E-state index is 11.6. The summed E-state index contributed by atoms with van der Waals surface area (Å²) in [6.45, 7) is 1.27. The van der Waals surface area contributed by atoms with Gasteiger partial charge in [0.25, 0.3) is 0 Å². The Kier molecular flexibility index (Phi) is 3.22. The molecular formula is C12H16N2O2. The Labute approximate surface area is 95.0 Å². The van der Waals surface area contributed by atoms with Gasteiger partial charge in [-0.25, -0.2) is 0 Å². The van der Waals surface area contributed by atoms with Crippen LogP contribution in [-0.2, 0) is 16.1 Å². The maximum Gasteiger partial charge on any atom is 0.236 e. The van der Waals surface area contributed by atoms with Crippen molar-refractivity contribution in [1.29, 1.82) is 0 Å². The average molecular weight is 220 g/mol. The van der Waals surface area contributed by atoms with Crippen LogP contribution < -0.4 is 5.73 Å². The van der Waals surface area contributed by atoms with Crippen LogP contribution in [-0.4, -0.2) is 31.0 Å². The van der Waals surface area contributed by atoms with Crippen LogP contribution in [0.25, 0.3) is 0 Å². The molecule has 16 heavy (non-hydrogen) atoms. The van der Waals surface area contributed by atoms with Gasteiger partial charge in [0.2, 0.25) is 5.91 Å². The number of nitrogens with two attached hydrogens (primary N) is 1. The Morgan fingerprint density at radius 3 is 3.00 bits per heavy atom. The lowest BCUT2D eigenvalue weighted by Gasteiger charge is -2.33. The molecule has 4 nitrogen and oxygen atoms in total. The molecule has 1 unspecified atom stereocenters. The number of carbonyl (C=O) groups is 1. The Hall–Kier alpha value is -1.39. The highest BCUT2D eigenvalue weighted by molar-refractivity contribution is 5.78. The summed E-state index contributed by atoms with van der Waals surface area (Å²) in [5.41, 5.74) is 7.69. The highest BCUT2D eigenvalue weighted by Crippen LogP contribution is 2.28. The van der Waals surface area contributed by atoms with Gasteiger partial charge in [-0.15, -0.1) is 0 Å². The first-order valence-electron chi connectivity index (χ1n) is 5.34. The largest absolute Gasteiger partial charge is 0.375 e. The van der Waals surface area contributed by atoms with Gasteiger partial charge >= 0.3 is 0 Å². The predicted molar refractivity (Wildman–Crippen MR) is 60.7 cm³/mol. The summed E-state index contributed by atoms with van der Waals surface area (Å²) in [6.07, 6.45) is -0.0413. The third kappa shape index (κ3) is 1.94. The third-order valence-electron chi connectivity index (χ3n) is 2.96. The predicted octanol–water partition coefficient (Wildman–Crippen LogP) is 0.675. The SMILES string of the molecule is COC1CN(C(=O)CN)Cc2ccccc21. The van der Waals surface area contributed by atoms with Crippen molar-refractivity contribution in [3.05, 3.63) is 35.4 Å². The summed E-state index contributed by atoms with van der Waals surface area (Å²) in [6, 6.07) is 8.04. The van der Waals surface area contributed by atoms with Crippen molar-refractivity contribution < 1.29 is 9.53 Å². The number of benzene rings is 1. The zero-order valence-corrected chi connectivity index (χ0v) is 9.35. The number of fused-ring (bicyclic) bond motifs is 1. The number of amides is 1. The average Bonchev–Trinajstić information content (AvgIpc) is 2.36. The molecule has 0 bridgehead atoms. The van der Waals surface area contributed by atoms with E-state index in [9.17, 15) is 4.79 Å². The summed E-state index contributed by atoms with van der Waals surface area (Å²) in [5, 5.41) is 0. The van der Waals surface area contributed by atoms with E-state index in [4.69, 9.17) is 10.5 Å². The summed E-state index contributed by atoms with van der Waals surface area (Å²) in [5.74, 6) is -0.0310. The number of ether oxygens (including phenoxy) is 1. The molecule has 0 spiro atoms. The topological polar surface area (TPSA) is 55.6 Å². The van der Waals surface area contributed by atoms with Crippen LogP contribution in [0.1, 0.15) is 17.2 Å². The second kappa shape index (κ2) is 4.63. The van der Waals surface area contributed by atoms with Gasteiger partial charge in [-0.05, 0) is 11.1 Å². The first kappa shape index (κ1) is 11.1. The lowest BCUT2D eigenvalue weighted by molar-refractivity contribution is -0.132. The van der Waals surface area contributed by atoms with Crippen LogP contribution in [0.4, 0.5) is 0 Å². The fourth-order valence-corrected chi connectivity index (χ4v) is 2.08. The van der Waals surface area contributed by atoms with E-state index in [1.165, 1.54) is 5.56 Å². The molecule has 0 radical (unpaired) electrons. The molecule has 0 aromatic heterocycles. The number of rotatable bonds is 2. The van der Waals surface area contributed by atoms with Gasteiger partial charge in [-0.3, -0.25) is 4.79 Å². The van der Waals surface area contributed by atoms with Crippen molar-refractivity contribution in [3.8, 4) is 0 Å². The fraction of sp³-hybridized carbons (Fsp3) is 0.417. The summed E-state index contributed by atoms with van der Waals surface area (Å²) in [7, 11) is 1.66. The van der Waals surface area contributed by atoms with E-state index in [1.807, 2.05) is 24.3 Å². The van der Waals surface area contributed by atoms with E-state index >= 15 is 0 Å². The van der Waals surface area contributed by atoms with Crippen molar-refractivity contribution in [2.45, 2.75) is 12.6 Å². The molecule has 86 valence electrons. The monoisotopic (exact) mass is 220 g/mol. The number of nitrogens with zero attached hydrogens (tertiary/aromatic N) is 1. The van der Waals surface area contributed by atoms with Crippen molar-refractivity contribution in [2.75, 3.05) is 20.2 Å². The van der Waals surface area contributed by atoms with Gasteiger partial charge in [0.15, 0.2) is 0 Å². The minimum absolute atomic E-state index is 0.0310. The lowest BCUT2D eigenvalue weighted by Crippen LogP contribution is -2.41. The third-order valence-corrected chi connectivity index (χ3v) is 2.96. The first-order valence-corrected chi connectivity index (χ1v) is 5.34. The smallest absolute Gasteiger partial charge is 0.236 e. The van der Waals surface area contributed by atoms with Crippen LogP contribution in [0.2, 0.25) is 0 Å². The van der Waals surface area contributed by atoms with E-state index in [0.29, 0.717) is 13.1 Å². The molecule has 1 aliphatic heterocycles. The molecular weight excluding hydrogens is 204 g/mol. The quantitative estimate of drug-likeness (QED) is 0.797. The summed E-state index contributed by atoms with van der Waals surface area (Å²) in [4.78, 5) is 13.3. The van der Waals surface area contributed by atoms with Crippen molar-refractivity contribution in [3.63, 3.8) is 0 Å². The summed E-state index contributed by atoms with van der Waals surface area (Å²) < 4.78 is 5.41. The Morgan fingerprint density at radius 1 is 1.56 bits per heavy atom. The molecule has 1 aromatic carbocycles. The van der Waals surface area contributed by atoms with Crippen molar-refractivity contribution >= 4 is 5.91 Å². The minimum atomic E-state index is -0.0413. The van der Waals surface area contributed by atoms with Gasteiger partial charge in [-0.1, -0.05) is 24.3 Å². The molecule has 2 rings (SSSR count). The molecule has 1 aromatic rings. The first-order chi connectivity index (χ1) is 7.76. The van der Waals surface area contributed by atoms with Crippen LogP contribution in [0, 0.1) is 0 Å². The zero-order valence-electron chi connectivity index (χ0n) is 9.35. The van der Waals surface area contributed by atoms with E-state index in [-0.39, 0.29) is 18.6 Å². The van der Waals surface area contributed by atoms with Gasteiger partial charge in [0.05, 0.1) is 19.2 Å². The fourth-order valence-electron chi connectivity index (χ4n) is 2.08. The molecule has 1 aliphatic rings. The number of carbonyl (C=O) groups excluding carboxylic acids is 1. The molecule has 1 amide bonds. The van der Waals surface area contributed by atoms with Gasteiger partial charge < -0.3 is 15.4 Å². The van der Waals surface area contributed by atoms with E-state index in [0.717, 1.165) is 5.56 Å². The number of hydrogen-bond donors (Lipinski definition) is 1. The van der Waals surface area contributed by atoms with Crippen molar-refractivity contribution in [1.82, 2.24) is 4.90 Å². The van der Waals surface area contributed by atoms with E-state index in [2.05, 4.69) is 0 Å². The number of methoxy groups -OCH3 is 1. The molecule has 1 heterocycles. The molecule has 0 saturated carbocycles. The molecule has 4 heteroatoms. The van der Waals surface area contributed by atoms with Gasteiger partial charge in [0, 0.05) is 13.7 Å². The van der Waals surface area contributed by atoms with Crippen LogP contribution >= 0.6 is 0 Å². The van der Waals surface area contributed by atoms with E-state index < -0.39 is 0 Å². The molecule has 2 N–H and O–H groups in total. The molecule has 0 aliphatic carbocycles. The molecule has 0 saturated heterocycles. The Morgan fingerprint density at radius 2 is 2.31 bits per heavy atom. The number of hydrogen-bond acceptors (Lipinski definition) is 3. The van der Waals surface area contributed by atoms with Gasteiger partial charge in [0.1, 0.15) is 0 Å². The van der Waals surface area contributed by atoms with Crippen LogP contribution in [0.3, 0.4) is 0 Å². The molecule has 0 fully saturated rings. The highest BCUT2D eigenvalue weighted by Gasteiger charge is 2.26. The maximum absolute atomic E-state index is 11.6. The van der Waals surface area contributed by atoms with Crippen molar-refractivity contribution in [2.24, 2.45) is 5.73 Å².